The molecule has 2 rings (SSSR count). The van der Waals surface area contributed by atoms with Crippen molar-refractivity contribution in [1.82, 2.24) is 24.4 Å². The van der Waals surface area contributed by atoms with Crippen molar-refractivity contribution in [1.29, 1.82) is 0 Å². The van der Waals surface area contributed by atoms with Crippen molar-refractivity contribution in [3.63, 3.8) is 0 Å². The van der Waals surface area contributed by atoms with Gasteiger partial charge in [0, 0.05) is 12.6 Å². The molecule has 0 aliphatic rings. The van der Waals surface area contributed by atoms with E-state index in [0.29, 0.717) is 17.4 Å². The summed E-state index contributed by atoms with van der Waals surface area (Å²) in [5.74, 6) is 0.447. The molecule has 0 aliphatic heterocycles. The summed E-state index contributed by atoms with van der Waals surface area (Å²) in [6, 6.07) is 0.674. The van der Waals surface area contributed by atoms with Gasteiger partial charge in [-0.15, -0.1) is 0 Å². The quantitative estimate of drug-likeness (QED) is 0.836. The van der Waals surface area contributed by atoms with Crippen LogP contribution in [0.3, 0.4) is 0 Å². The molecule has 0 radical (unpaired) electrons. The molecule has 6 heteroatoms. The van der Waals surface area contributed by atoms with E-state index in [1.54, 1.807) is 6.33 Å². The first-order valence-electron chi connectivity index (χ1n) is 7.28. The Labute approximate surface area is 120 Å². The third kappa shape index (κ3) is 3.07. The average molecular weight is 276 g/mol. The molecule has 0 amide bonds. The van der Waals surface area contributed by atoms with Crippen LogP contribution >= 0.6 is 0 Å². The number of nitrogens with zero attached hydrogens (tertiary/aromatic N) is 5. The van der Waals surface area contributed by atoms with Crippen LogP contribution in [0.5, 0.6) is 0 Å². The van der Waals surface area contributed by atoms with Crippen LogP contribution in [0, 0.1) is 0 Å². The maximum atomic E-state index is 5.79. The molecule has 0 unspecified atom stereocenters. The lowest BCUT2D eigenvalue weighted by Crippen LogP contribution is -2.31. The molecule has 6 nitrogen and oxygen atoms in total. The molecule has 0 aromatic carbocycles. The second-order valence-corrected chi connectivity index (χ2v) is 5.17. The second kappa shape index (κ2) is 6.65. The van der Waals surface area contributed by atoms with E-state index >= 15 is 0 Å². The fourth-order valence-electron chi connectivity index (χ4n) is 2.65. The van der Waals surface area contributed by atoms with Crippen LogP contribution in [-0.4, -0.2) is 44.1 Å². The summed E-state index contributed by atoms with van der Waals surface area (Å²) in [7, 11) is 2.20. The molecule has 0 saturated heterocycles. The van der Waals surface area contributed by atoms with Gasteiger partial charge in [0.15, 0.2) is 11.5 Å². The van der Waals surface area contributed by atoms with Gasteiger partial charge in [-0.25, -0.2) is 15.0 Å². The standard InChI is InChI=1S/C14H24N6/c1-4-11(5-2)19(3)7-6-8-20-10-18-12-13(15)16-9-17-14(12)20/h9-11H,4-8H2,1-3H3,(H2,15,16,17). The number of hydrogen-bond acceptors (Lipinski definition) is 5. The summed E-state index contributed by atoms with van der Waals surface area (Å²) < 4.78 is 2.05. The highest BCUT2D eigenvalue weighted by molar-refractivity contribution is 5.80. The van der Waals surface area contributed by atoms with Crippen LogP contribution in [-0.2, 0) is 6.54 Å². The molecule has 0 atom stereocenters. The zero-order chi connectivity index (χ0) is 14.5. The van der Waals surface area contributed by atoms with Crippen LogP contribution < -0.4 is 5.73 Å². The molecule has 0 bridgehead atoms. The van der Waals surface area contributed by atoms with E-state index < -0.39 is 0 Å². The van der Waals surface area contributed by atoms with E-state index in [0.717, 1.165) is 25.2 Å². The Hall–Kier alpha value is -1.69. The normalized spacial score (nSPS) is 11.8. The van der Waals surface area contributed by atoms with E-state index in [4.69, 9.17) is 5.73 Å². The number of aryl methyl sites for hydroxylation is 1. The zero-order valence-electron chi connectivity index (χ0n) is 12.6. The number of anilines is 1. The Morgan fingerprint density at radius 1 is 1.25 bits per heavy atom. The topological polar surface area (TPSA) is 72.9 Å². The number of rotatable bonds is 7. The third-order valence-electron chi connectivity index (χ3n) is 3.91. The molecule has 2 aromatic rings. The molecule has 2 aromatic heterocycles. The fraction of sp³-hybridized carbons (Fsp3) is 0.643. The Morgan fingerprint density at radius 3 is 2.70 bits per heavy atom. The first-order chi connectivity index (χ1) is 9.67. The van der Waals surface area contributed by atoms with Crippen LogP contribution in [0.25, 0.3) is 11.2 Å². The Kier molecular flexibility index (Phi) is 4.89. The van der Waals surface area contributed by atoms with Gasteiger partial charge in [0.2, 0.25) is 0 Å². The number of hydrogen-bond donors (Lipinski definition) is 1. The summed E-state index contributed by atoms with van der Waals surface area (Å²) in [6.07, 6.45) is 6.76. The minimum Gasteiger partial charge on any atom is -0.382 e. The van der Waals surface area contributed by atoms with Crippen molar-refractivity contribution in [3.8, 4) is 0 Å². The largest absolute Gasteiger partial charge is 0.382 e. The van der Waals surface area contributed by atoms with E-state index in [-0.39, 0.29) is 0 Å². The van der Waals surface area contributed by atoms with Gasteiger partial charge in [0.05, 0.1) is 6.33 Å². The van der Waals surface area contributed by atoms with E-state index in [1.807, 2.05) is 4.57 Å². The molecular formula is C14H24N6. The average Bonchev–Trinajstić information content (AvgIpc) is 2.85. The van der Waals surface area contributed by atoms with Crippen molar-refractivity contribution in [2.45, 2.75) is 45.7 Å². The van der Waals surface area contributed by atoms with Crippen LogP contribution in [0.2, 0.25) is 0 Å². The molecule has 0 saturated carbocycles. The minimum atomic E-state index is 0.447. The number of nitrogens with two attached hydrogens (primary N) is 1. The molecule has 20 heavy (non-hydrogen) atoms. The molecule has 0 fully saturated rings. The Bertz CT molecular complexity index is 546. The monoisotopic (exact) mass is 276 g/mol. The number of fused-ring (bicyclic) bond motifs is 1. The summed E-state index contributed by atoms with van der Waals surface area (Å²) in [5, 5.41) is 0. The van der Waals surface area contributed by atoms with Crippen LogP contribution in [0.15, 0.2) is 12.7 Å². The maximum Gasteiger partial charge on any atom is 0.165 e. The number of aromatic nitrogens is 4. The summed E-state index contributed by atoms with van der Waals surface area (Å²) in [4.78, 5) is 14.9. The van der Waals surface area contributed by atoms with Gasteiger partial charge in [-0.2, -0.15) is 0 Å². The van der Waals surface area contributed by atoms with Crippen LogP contribution in [0.4, 0.5) is 5.82 Å². The lowest BCUT2D eigenvalue weighted by Gasteiger charge is -2.25. The minimum absolute atomic E-state index is 0.447. The lowest BCUT2D eigenvalue weighted by atomic mass is 10.1. The number of nitrogen functional groups attached to an aromatic ring is 1. The van der Waals surface area contributed by atoms with E-state index in [2.05, 4.69) is 40.7 Å². The van der Waals surface area contributed by atoms with E-state index in [9.17, 15) is 0 Å². The van der Waals surface area contributed by atoms with Crippen LogP contribution in [0.1, 0.15) is 33.1 Å². The maximum absolute atomic E-state index is 5.79. The molecule has 0 spiro atoms. The number of imidazole rings is 1. The smallest absolute Gasteiger partial charge is 0.165 e. The van der Waals surface area contributed by atoms with Gasteiger partial charge in [-0.3, -0.25) is 0 Å². The molecule has 2 heterocycles. The SMILES string of the molecule is CCC(CC)N(C)CCCn1cnc2c(N)ncnc21. The third-order valence-corrected chi connectivity index (χ3v) is 3.91. The van der Waals surface area contributed by atoms with Crippen molar-refractivity contribution >= 4 is 17.0 Å². The van der Waals surface area contributed by atoms with Gasteiger partial charge in [-0.05, 0) is 32.9 Å². The van der Waals surface area contributed by atoms with Crippen molar-refractivity contribution in [3.05, 3.63) is 12.7 Å². The fourth-order valence-corrected chi connectivity index (χ4v) is 2.65. The second-order valence-electron chi connectivity index (χ2n) is 5.17. The first kappa shape index (κ1) is 14.7. The van der Waals surface area contributed by atoms with Gasteiger partial charge in [0.25, 0.3) is 0 Å². The first-order valence-corrected chi connectivity index (χ1v) is 7.28. The van der Waals surface area contributed by atoms with E-state index in [1.165, 1.54) is 19.2 Å². The van der Waals surface area contributed by atoms with Gasteiger partial charge >= 0.3 is 0 Å². The molecule has 2 N–H and O–H groups in total. The van der Waals surface area contributed by atoms with Gasteiger partial charge < -0.3 is 15.2 Å². The predicted octanol–water partition coefficient (Wildman–Crippen LogP) is 1.92. The van der Waals surface area contributed by atoms with Crippen molar-refractivity contribution in [2.75, 3.05) is 19.3 Å². The highest BCUT2D eigenvalue weighted by Gasteiger charge is 2.11. The van der Waals surface area contributed by atoms with Crippen molar-refractivity contribution < 1.29 is 0 Å². The Morgan fingerprint density at radius 2 is 2.00 bits per heavy atom. The van der Waals surface area contributed by atoms with Gasteiger partial charge in [0.1, 0.15) is 11.8 Å². The highest BCUT2D eigenvalue weighted by Crippen LogP contribution is 2.14. The molecular weight excluding hydrogens is 252 g/mol. The summed E-state index contributed by atoms with van der Waals surface area (Å²) in [5.41, 5.74) is 7.30. The van der Waals surface area contributed by atoms with Gasteiger partial charge in [-0.1, -0.05) is 13.8 Å². The van der Waals surface area contributed by atoms with Crippen molar-refractivity contribution in [2.24, 2.45) is 0 Å². The summed E-state index contributed by atoms with van der Waals surface area (Å²) in [6.45, 7) is 6.46. The highest BCUT2D eigenvalue weighted by atomic mass is 15.1. The Balaban J connectivity index is 1.95. The zero-order valence-corrected chi connectivity index (χ0v) is 12.6. The lowest BCUT2D eigenvalue weighted by molar-refractivity contribution is 0.224. The molecule has 0 aliphatic carbocycles. The predicted molar refractivity (Wildman–Crippen MR) is 81.4 cm³/mol. The summed E-state index contributed by atoms with van der Waals surface area (Å²) >= 11 is 0. The molecule has 110 valence electrons.